The third-order valence-electron chi connectivity index (χ3n) is 6.42. The lowest BCUT2D eigenvalue weighted by Crippen LogP contribution is -2.52. The molecule has 166 valence electrons. The van der Waals surface area contributed by atoms with Crippen molar-refractivity contribution in [2.24, 2.45) is 5.92 Å². The minimum atomic E-state index is -1.56. The minimum Gasteiger partial charge on any atom is -0.496 e. The van der Waals surface area contributed by atoms with E-state index in [2.05, 4.69) is 0 Å². The van der Waals surface area contributed by atoms with Crippen LogP contribution in [0.4, 0.5) is 4.39 Å². The third-order valence-corrected chi connectivity index (χ3v) is 6.78. The first-order valence-corrected chi connectivity index (χ1v) is 10.6. The highest BCUT2D eigenvalue weighted by Gasteiger charge is 2.63. The first-order chi connectivity index (χ1) is 15.3. The highest BCUT2D eigenvalue weighted by atomic mass is 35.5. The van der Waals surface area contributed by atoms with Crippen molar-refractivity contribution in [3.8, 4) is 17.2 Å². The normalized spacial score (nSPS) is 26.0. The van der Waals surface area contributed by atoms with E-state index in [-0.39, 0.29) is 52.3 Å². The van der Waals surface area contributed by atoms with E-state index >= 15 is 0 Å². The molecule has 2 aromatic rings. The number of hydrogen-bond donors (Lipinski definition) is 0. The van der Waals surface area contributed by atoms with E-state index < -0.39 is 23.4 Å². The van der Waals surface area contributed by atoms with Gasteiger partial charge in [0.2, 0.25) is 11.4 Å². The Hall–Kier alpha value is -3.06. The van der Waals surface area contributed by atoms with Crippen molar-refractivity contribution >= 4 is 23.2 Å². The summed E-state index contributed by atoms with van der Waals surface area (Å²) < 4.78 is 37.0. The number of rotatable bonds is 3. The molecule has 0 bridgehead atoms. The largest absolute Gasteiger partial charge is 0.496 e. The van der Waals surface area contributed by atoms with Crippen LogP contribution in [0, 0.1) is 11.7 Å². The minimum absolute atomic E-state index is 0.106. The fourth-order valence-electron chi connectivity index (χ4n) is 4.82. The number of carbonyl (C=O) groups excluding carboxylic acids is 2. The van der Waals surface area contributed by atoms with Gasteiger partial charge in [-0.1, -0.05) is 30.7 Å². The number of ketones is 2. The molecular formula is C24H20ClFO6. The molecule has 6 nitrogen and oxygen atoms in total. The molecule has 8 heteroatoms. The third kappa shape index (κ3) is 2.70. The Morgan fingerprint density at radius 1 is 1.12 bits per heavy atom. The summed E-state index contributed by atoms with van der Waals surface area (Å²) in [5.41, 5.74) is -0.406. The van der Waals surface area contributed by atoms with Gasteiger partial charge < -0.3 is 18.9 Å². The fraction of sp³-hybridized carbons (Fsp3) is 0.333. The lowest BCUT2D eigenvalue weighted by Gasteiger charge is -2.37. The monoisotopic (exact) mass is 458 g/mol. The predicted molar refractivity (Wildman–Crippen MR) is 113 cm³/mol. The Labute approximate surface area is 188 Å². The summed E-state index contributed by atoms with van der Waals surface area (Å²) in [6.07, 6.45) is -0.267. The van der Waals surface area contributed by atoms with Crippen LogP contribution in [0.25, 0.3) is 0 Å². The van der Waals surface area contributed by atoms with Gasteiger partial charge in [-0.25, -0.2) is 4.39 Å². The van der Waals surface area contributed by atoms with Crippen molar-refractivity contribution in [3.05, 3.63) is 63.6 Å². The van der Waals surface area contributed by atoms with Crippen LogP contribution < -0.4 is 14.2 Å². The van der Waals surface area contributed by atoms with Crippen LogP contribution in [-0.4, -0.2) is 31.4 Å². The Morgan fingerprint density at radius 3 is 2.56 bits per heavy atom. The second-order valence-corrected chi connectivity index (χ2v) is 8.55. The molecule has 3 aliphatic rings. The number of benzene rings is 2. The zero-order valence-electron chi connectivity index (χ0n) is 17.7. The first-order valence-electron chi connectivity index (χ1n) is 10.2. The van der Waals surface area contributed by atoms with Crippen molar-refractivity contribution in [3.63, 3.8) is 0 Å². The van der Waals surface area contributed by atoms with Gasteiger partial charge in [-0.3, -0.25) is 9.59 Å². The molecule has 1 aliphatic carbocycles. The van der Waals surface area contributed by atoms with Gasteiger partial charge in [-0.05, 0) is 17.7 Å². The second-order valence-electron chi connectivity index (χ2n) is 8.17. The number of carbonyl (C=O) groups is 2. The van der Waals surface area contributed by atoms with E-state index in [1.807, 2.05) is 0 Å². The number of halogens is 2. The Kier molecular flexibility index (Phi) is 4.71. The van der Waals surface area contributed by atoms with Crippen molar-refractivity contribution in [2.75, 3.05) is 14.2 Å². The highest BCUT2D eigenvalue weighted by Crippen LogP contribution is 2.58. The number of Topliss-reactive ketones (excluding diaryl/α,β-unsaturated/α-hetero) is 2. The second kappa shape index (κ2) is 7.24. The van der Waals surface area contributed by atoms with Crippen LogP contribution in [0.5, 0.6) is 17.2 Å². The first kappa shape index (κ1) is 20.8. The van der Waals surface area contributed by atoms with E-state index in [9.17, 15) is 14.0 Å². The molecule has 0 saturated carbocycles. The van der Waals surface area contributed by atoms with Crippen LogP contribution >= 0.6 is 11.6 Å². The summed E-state index contributed by atoms with van der Waals surface area (Å²) in [7, 11) is 2.89. The number of fused-ring (bicyclic) bond motifs is 2. The van der Waals surface area contributed by atoms with Crippen molar-refractivity contribution in [2.45, 2.75) is 31.5 Å². The van der Waals surface area contributed by atoms with Crippen LogP contribution in [0.3, 0.4) is 0 Å². The molecule has 2 heterocycles. The molecule has 0 amide bonds. The smallest absolute Gasteiger partial charge is 0.231 e. The molecule has 32 heavy (non-hydrogen) atoms. The van der Waals surface area contributed by atoms with Gasteiger partial charge in [0.15, 0.2) is 17.3 Å². The molecule has 0 N–H and O–H groups in total. The van der Waals surface area contributed by atoms with Gasteiger partial charge in [0.05, 0.1) is 14.2 Å². The Morgan fingerprint density at radius 2 is 1.88 bits per heavy atom. The molecule has 2 aromatic carbocycles. The summed E-state index contributed by atoms with van der Waals surface area (Å²) in [6, 6.07) is 7.53. The molecule has 0 aromatic heterocycles. The van der Waals surface area contributed by atoms with E-state index in [4.69, 9.17) is 30.5 Å². The number of ether oxygens (including phenoxy) is 4. The van der Waals surface area contributed by atoms with Crippen molar-refractivity contribution in [1.29, 1.82) is 0 Å². The standard InChI is InChI=1S/C24H20ClFO6/c1-11-7-15(27)14-9-16(12-5-4-6-13(26)8-12)31-23(14)24(11)22(28)19-17(29-2)10-18(30-3)20(25)21(19)32-24/h4-6,8,10-11,16H,7,9H2,1-3H3/t11-,16+,24-/m1/s1. The quantitative estimate of drug-likeness (QED) is 0.655. The molecule has 0 fully saturated rings. The molecule has 0 saturated heterocycles. The molecule has 3 atom stereocenters. The average molecular weight is 459 g/mol. The van der Waals surface area contributed by atoms with Gasteiger partial charge in [-0.15, -0.1) is 0 Å². The highest BCUT2D eigenvalue weighted by molar-refractivity contribution is 6.35. The van der Waals surface area contributed by atoms with E-state index in [1.165, 1.54) is 32.4 Å². The summed E-state index contributed by atoms with van der Waals surface area (Å²) >= 11 is 6.49. The molecule has 1 spiro atoms. The summed E-state index contributed by atoms with van der Waals surface area (Å²) in [4.78, 5) is 26.8. The maximum absolute atomic E-state index is 13.9. The zero-order chi connectivity index (χ0) is 22.8. The maximum atomic E-state index is 13.9. The van der Waals surface area contributed by atoms with Gasteiger partial charge >= 0.3 is 0 Å². The number of methoxy groups -OCH3 is 2. The topological polar surface area (TPSA) is 71.1 Å². The molecular weight excluding hydrogens is 439 g/mol. The van der Waals surface area contributed by atoms with Gasteiger partial charge in [0.1, 0.15) is 34.0 Å². The molecule has 0 unspecified atom stereocenters. The average Bonchev–Trinajstić information content (AvgIpc) is 3.35. The molecule has 0 radical (unpaired) electrons. The van der Waals surface area contributed by atoms with Crippen LogP contribution in [0.1, 0.15) is 41.8 Å². The number of hydrogen-bond acceptors (Lipinski definition) is 6. The van der Waals surface area contributed by atoms with Crippen LogP contribution in [-0.2, 0) is 9.53 Å². The van der Waals surface area contributed by atoms with Crippen molar-refractivity contribution in [1.82, 2.24) is 0 Å². The van der Waals surface area contributed by atoms with Crippen LogP contribution in [0.2, 0.25) is 5.02 Å². The van der Waals surface area contributed by atoms with Crippen molar-refractivity contribution < 1.29 is 32.9 Å². The van der Waals surface area contributed by atoms with Gasteiger partial charge in [0, 0.05) is 30.4 Å². The Balaban J connectivity index is 1.64. The van der Waals surface area contributed by atoms with Crippen LogP contribution in [0.15, 0.2) is 41.7 Å². The Bertz CT molecular complexity index is 1210. The lowest BCUT2D eigenvalue weighted by molar-refractivity contribution is -0.119. The summed E-state index contributed by atoms with van der Waals surface area (Å²) in [5.74, 6) is -0.560. The summed E-state index contributed by atoms with van der Waals surface area (Å²) in [6.45, 7) is 1.77. The van der Waals surface area contributed by atoms with Gasteiger partial charge in [0.25, 0.3) is 0 Å². The van der Waals surface area contributed by atoms with E-state index in [0.717, 1.165) is 0 Å². The fourth-order valence-corrected chi connectivity index (χ4v) is 5.09. The maximum Gasteiger partial charge on any atom is 0.231 e. The molecule has 2 aliphatic heterocycles. The van der Waals surface area contributed by atoms with E-state index in [0.29, 0.717) is 16.9 Å². The SMILES string of the molecule is COc1cc(OC)c2c(c1Cl)O[C@]1(C2=O)C2=C(C[C@@H](c3cccc(F)c3)O2)C(=O)C[C@H]1C. The van der Waals surface area contributed by atoms with E-state index in [1.54, 1.807) is 19.1 Å². The predicted octanol–water partition coefficient (Wildman–Crippen LogP) is 4.83. The van der Waals surface area contributed by atoms with Gasteiger partial charge in [-0.2, -0.15) is 0 Å². The summed E-state index contributed by atoms with van der Waals surface area (Å²) in [5, 5.41) is 0.138. The lowest BCUT2D eigenvalue weighted by atomic mass is 9.73. The zero-order valence-corrected chi connectivity index (χ0v) is 18.4. The molecule has 5 rings (SSSR count).